The van der Waals surface area contributed by atoms with Gasteiger partial charge in [-0.25, -0.2) is 31.9 Å². The summed E-state index contributed by atoms with van der Waals surface area (Å²) >= 11 is 0. The molecule has 8 nitrogen and oxygen atoms in total. The molecule has 0 unspecified atom stereocenters. The second-order valence-corrected chi connectivity index (χ2v) is 6.97. The summed E-state index contributed by atoms with van der Waals surface area (Å²) in [6.45, 7) is 0. The van der Waals surface area contributed by atoms with Crippen LogP contribution >= 0.6 is 0 Å². The van der Waals surface area contributed by atoms with Gasteiger partial charge in [0.2, 0.25) is 16.9 Å². The summed E-state index contributed by atoms with van der Waals surface area (Å²) in [4.78, 5) is 7.11. The number of halogens is 6. The van der Waals surface area contributed by atoms with Crippen molar-refractivity contribution in [3.8, 4) is 24.3 Å². The van der Waals surface area contributed by atoms with E-state index in [4.69, 9.17) is 29.9 Å². The van der Waals surface area contributed by atoms with Crippen LogP contribution in [0.2, 0.25) is 0 Å². The van der Waals surface area contributed by atoms with E-state index in [1.165, 1.54) is 24.3 Å². The molecular weight excluding hydrogens is 494 g/mol. The largest absolute Gasteiger partial charge is 0.434 e. The first kappa shape index (κ1) is 22.2. The van der Waals surface area contributed by atoms with E-state index >= 15 is 17.6 Å². The van der Waals surface area contributed by atoms with E-state index in [1.54, 1.807) is 0 Å². The molecule has 5 aromatic rings. The van der Waals surface area contributed by atoms with E-state index in [2.05, 4.69) is 9.97 Å². The van der Waals surface area contributed by atoms with Crippen molar-refractivity contribution in [2.24, 2.45) is 0 Å². The number of oxazole rings is 2. The summed E-state index contributed by atoms with van der Waals surface area (Å²) in [5.74, 6) is -11.8. The van der Waals surface area contributed by atoms with Crippen molar-refractivity contribution >= 4 is 54.9 Å². The summed E-state index contributed by atoms with van der Waals surface area (Å²) in [7, 11) is 0. The number of nitriles is 4. The van der Waals surface area contributed by atoms with Crippen LogP contribution in [0, 0.1) is 80.2 Å². The van der Waals surface area contributed by atoms with Gasteiger partial charge in [-0.15, -0.1) is 0 Å². The summed E-state index contributed by atoms with van der Waals surface area (Å²) in [6, 6.07) is 5.50. The van der Waals surface area contributed by atoms with Gasteiger partial charge in [0.15, 0.2) is 51.4 Å². The fraction of sp³-hybridized carbons (Fsp3) is 0. The quantitative estimate of drug-likeness (QED) is 0.235. The first-order chi connectivity index (χ1) is 17.2. The maximum Gasteiger partial charge on any atom is 0.249 e. The third kappa shape index (κ3) is 2.61. The van der Waals surface area contributed by atoms with Crippen LogP contribution in [0.4, 0.5) is 26.3 Å². The molecule has 0 saturated heterocycles. The number of fused-ring (bicyclic) bond motifs is 7. The van der Waals surface area contributed by atoms with Crippen molar-refractivity contribution in [3.05, 3.63) is 46.0 Å². The zero-order valence-electron chi connectivity index (χ0n) is 16.8. The monoisotopic (exact) mass is 494 g/mol. The Morgan fingerprint density at radius 1 is 0.500 bits per heavy atom. The number of hydrogen-bond donors (Lipinski definition) is 0. The van der Waals surface area contributed by atoms with Crippen LogP contribution < -0.4 is 11.1 Å². The fourth-order valence-corrected chi connectivity index (χ4v) is 3.72. The molecule has 172 valence electrons. The van der Waals surface area contributed by atoms with E-state index < -0.39 is 101 Å². The molecule has 0 aliphatic rings. The van der Waals surface area contributed by atoms with Gasteiger partial charge in [-0.2, -0.15) is 25.4 Å². The molecule has 3 aromatic carbocycles. The van der Waals surface area contributed by atoms with Crippen molar-refractivity contribution in [3.63, 3.8) is 0 Å². The highest BCUT2D eigenvalue weighted by Gasteiger charge is 2.32. The lowest BCUT2D eigenvalue weighted by Crippen LogP contribution is -2.04. The van der Waals surface area contributed by atoms with Gasteiger partial charge in [0.1, 0.15) is 35.3 Å². The third-order valence-corrected chi connectivity index (χ3v) is 5.21. The third-order valence-electron chi connectivity index (χ3n) is 5.21. The van der Waals surface area contributed by atoms with Gasteiger partial charge in [0, 0.05) is 10.8 Å². The minimum atomic E-state index is -2.06. The number of nitrogens with zero attached hydrogens (tertiary/aromatic N) is 6. The molecule has 0 aliphatic carbocycles. The predicted molar refractivity (Wildman–Crippen MR) is 105 cm³/mol. The van der Waals surface area contributed by atoms with Crippen LogP contribution in [0.5, 0.6) is 0 Å². The Morgan fingerprint density at radius 3 is 1.50 bits per heavy atom. The van der Waals surface area contributed by atoms with Crippen molar-refractivity contribution in [2.75, 3.05) is 0 Å². The molecule has 0 saturated carbocycles. The van der Waals surface area contributed by atoms with Gasteiger partial charge in [-0.1, -0.05) is 0 Å². The van der Waals surface area contributed by atoms with Crippen molar-refractivity contribution in [1.29, 1.82) is 21.0 Å². The lowest BCUT2D eigenvalue weighted by molar-refractivity contribution is 0.478. The fourth-order valence-electron chi connectivity index (χ4n) is 3.72. The molecule has 5 rings (SSSR count). The number of hydrogen-bond acceptors (Lipinski definition) is 8. The molecule has 0 spiro atoms. The summed E-state index contributed by atoms with van der Waals surface area (Å²) in [5, 5.41) is 31.2. The van der Waals surface area contributed by atoms with E-state index in [1.807, 2.05) is 0 Å². The molecule has 0 N–H and O–H groups in total. The molecule has 2 heterocycles. The van der Waals surface area contributed by atoms with Gasteiger partial charge < -0.3 is 8.83 Å². The Bertz CT molecular complexity index is 2140. The molecule has 0 amide bonds. The van der Waals surface area contributed by atoms with Gasteiger partial charge in [0.05, 0.1) is 10.8 Å². The normalized spacial score (nSPS) is 10.9. The zero-order chi connectivity index (χ0) is 26.0. The van der Waals surface area contributed by atoms with Crippen LogP contribution in [-0.2, 0) is 0 Å². The number of aromatic nitrogens is 2. The second kappa shape index (κ2) is 7.45. The summed E-state index contributed by atoms with van der Waals surface area (Å²) in [5.41, 5.74) is -7.29. The highest BCUT2D eigenvalue weighted by molar-refractivity contribution is 6.23. The molecule has 36 heavy (non-hydrogen) atoms. The average molecular weight is 494 g/mol. The van der Waals surface area contributed by atoms with Gasteiger partial charge >= 0.3 is 0 Å². The molecule has 2 aromatic heterocycles. The predicted octanol–water partition coefficient (Wildman–Crippen LogP) is 3.51. The van der Waals surface area contributed by atoms with Gasteiger partial charge in [-0.05, 0) is 0 Å². The van der Waals surface area contributed by atoms with Crippen LogP contribution in [-0.4, -0.2) is 9.97 Å². The minimum Gasteiger partial charge on any atom is -0.434 e. The Hall–Kier alpha value is -5.60. The van der Waals surface area contributed by atoms with Gasteiger partial charge in [-0.3, -0.25) is 0 Å². The maximum absolute atomic E-state index is 15.3. The average Bonchev–Trinajstić information content (AvgIpc) is 3.50. The Morgan fingerprint density at radius 2 is 0.944 bits per heavy atom. The maximum atomic E-state index is 15.3. The molecular formula is C22F6N6O2. The molecule has 14 heteroatoms. The Balaban J connectivity index is 2.22. The van der Waals surface area contributed by atoms with Crippen LogP contribution in [0.15, 0.2) is 8.83 Å². The summed E-state index contributed by atoms with van der Waals surface area (Å²) in [6.07, 6.45) is 0. The number of benzene rings is 3. The first-order valence-electron chi connectivity index (χ1n) is 9.24. The van der Waals surface area contributed by atoms with Crippen LogP contribution in [0.3, 0.4) is 0 Å². The lowest BCUT2D eigenvalue weighted by Gasteiger charge is -2.11. The van der Waals surface area contributed by atoms with Crippen molar-refractivity contribution in [1.82, 2.24) is 9.97 Å². The van der Waals surface area contributed by atoms with Crippen LogP contribution in [0.1, 0.15) is 0 Å². The molecule has 0 radical (unpaired) electrons. The molecule has 0 fully saturated rings. The topological polar surface area (TPSA) is 147 Å². The molecule has 0 aliphatic heterocycles. The Kier molecular flexibility index (Phi) is 4.60. The number of rotatable bonds is 0. The highest BCUT2D eigenvalue weighted by atomic mass is 19.2. The SMILES string of the molecule is N#CC(C#N)=c1nc2c(o1)c(F)c(F)c1c(F)c(F)c3c4oc(=C(C#N)C#N)nc4c(F)c(F)c3c12. The van der Waals surface area contributed by atoms with Gasteiger partial charge in [0.25, 0.3) is 0 Å². The van der Waals surface area contributed by atoms with E-state index in [9.17, 15) is 8.78 Å². The minimum absolute atomic E-state index is 0.812. The van der Waals surface area contributed by atoms with Crippen LogP contribution in [0.25, 0.3) is 54.9 Å². The smallest absolute Gasteiger partial charge is 0.249 e. The standard InChI is InChI=1S/C22F6N6O2/c23-11-7-8-9(13(25)16(28)20-17(8)33-21(36-20)5(1-29)2-30)12(24)14(26)10(7)19-18(15(11)27)34-22(35-19)6(3-31)4-32. The molecule has 0 bridgehead atoms. The zero-order valence-corrected chi connectivity index (χ0v) is 16.8. The van der Waals surface area contributed by atoms with E-state index in [-0.39, 0.29) is 0 Å². The lowest BCUT2D eigenvalue weighted by atomic mass is 9.97. The molecule has 0 atom stereocenters. The van der Waals surface area contributed by atoms with E-state index in [0.29, 0.717) is 0 Å². The Labute approximate surface area is 192 Å². The first-order valence-corrected chi connectivity index (χ1v) is 9.24. The van der Waals surface area contributed by atoms with E-state index in [0.717, 1.165) is 0 Å². The summed E-state index contributed by atoms with van der Waals surface area (Å²) < 4.78 is 100. The van der Waals surface area contributed by atoms with Crippen molar-refractivity contribution in [2.45, 2.75) is 0 Å². The highest BCUT2D eigenvalue weighted by Crippen LogP contribution is 2.42. The second-order valence-electron chi connectivity index (χ2n) is 6.97. The van der Waals surface area contributed by atoms with Crippen molar-refractivity contribution < 1.29 is 35.2 Å².